The van der Waals surface area contributed by atoms with Gasteiger partial charge in [0.05, 0.1) is 23.7 Å². The topological polar surface area (TPSA) is 75.6 Å². The predicted molar refractivity (Wildman–Crippen MR) is 55.4 cm³/mol. The Balaban J connectivity index is 1.95. The van der Waals surface area contributed by atoms with Crippen molar-refractivity contribution in [1.82, 2.24) is 5.32 Å². The summed E-state index contributed by atoms with van der Waals surface area (Å²) in [5.41, 5.74) is 0. The number of sulfone groups is 1. The lowest BCUT2D eigenvalue weighted by Crippen LogP contribution is -2.47. The molecule has 88 valence electrons. The molecular formula is C9H17NO4S. The molecule has 2 saturated heterocycles. The Labute approximate surface area is 89.7 Å². The Morgan fingerprint density at radius 1 is 1.33 bits per heavy atom. The Kier molecular flexibility index (Phi) is 3.03. The molecule has 0 spiro atoms. The summed E-state index contributed by atoms with van der Waals surface area (Å²) in [6, 6.07) is -0.165. The molecule has 2 aliphatic heterocycles. The molecule has 0 aromatic heterocycles. The van der Waals surface area contributed by atoms with Gasteiger partial charge in [0.15, 0.2) is 9.84 Å². The third kappa shape index (κ3) is 2.50. The second-order valence-electron chi connectivity index (χ2n) is 4.39. The first kappa shape index (κ1) is 11.3. The van der Waals surface area contributed by atoms with E-state index >= 15 is 0 Å². The van der Waals surface area contributed by atoms with Crippen LogP contribution in [0.4, 0.5) is 0 Å². The number of hydrogen-bond donors (Lipinski definition) is 2. The van der Waals surface area contributed by atoms with Crippen LogP contribution in [0.5, 0.6) is 0 Å². The highest BCUT2D eigenvalue weighted by molar-refractivity contribution is 7.91. The van der Waals surface area contributed by atoms with Crippen LogP contribution in [-0.2, 0) is 14.6 Å². The average Bonchev–Trinajstić information content (AvgIpc) is 2.59. The third-order valence-electron chi connectivity index (χ3n) is 3.13. The van der Waals surface area contributed by atoms with Crippen LogP contribution in [0.25, 0.3) is 0 Å². The van der Waals surface area contributed by atoms with Gasteiger partial charge in [0, 0.05) is 18.7 Å². The lowest BCUT2D eigenvalue weighted by Gasteiger charge is -2.22. The Morgan fingerprint density at radius 3 is 2.53 bits per heavy atom. The maximum atomic E-state index is 11.3. The average molecular weight is 235 g/mol. The molecule has 2 aliphatic rings. The fourth-order valence-electron chi connectivity index (χ4n) is 2.21. The fraction of sp³-hybridized carbons (Fsp3) is 1.00. The van der Waals surface area contributed by atoms with Crippen LogP contribution < -0.4 is 5.32 Å². The molecule has 15 heavy (non-hydrogen) atoms. The molecule has 4 atom stereocenters. The van der Waals surface area contributed by atoms with Gasteiger partial charge in [-0.3, -0.25) is 0 Å². The van der Waals surface area contributed by atoms with Gasteiger partial charge in [-0.05, 0) is 13.3 Å². The van der Waals surface area contributed by atoms with Crippen molar-refractivity contribution in [2.75, 3.05) is 18.1 Å². The summed E-state index contributed by atoms with van der Waals surface area (Å²) in [5, 5.41) is 12.8. The number of hydrogen-bond acceptors (Lipinski definition) is 5. The highest BCUT2D eigenvalue weighted by Crippen LogP contribution is 2.18. The van der Waals surface area contributed by atoms with E-state index in [0.717, 1.165) is 6.42 Å². The molecule has 0 saturated carbocycles. The number of aliphatic hydroxyl groups excluding tert-OH is 1. The third-order valence-corrected chi connectivity index (χ3v) is 4.84. The van der Waals surface area contributed by atoms with Gasteiger partial charge in [-0.2, -0.15) is 0 Å². The highest BCUT2D eigenvalue weighted by Gasteiger charge is 2.38. The summed E-state index contributed by atoms with van der Waals surface area (Å²) in [5.74, 6) is -0.0794. The van der Waals surface area contributed by atoms with Gasteiger partial charge in [0.25, 0.3) is 0 Å². The highest BCUT2D eigenvalue weighted by atomic mass is 32.2. The SMILES string of the molecule is CC1OCCC1NC1CS(=O)(=O)CC1O. The van der Waals surface area contributed by atoms with Crippen LogP contribution in [-0.4, -0.2) is 55.9 Å². The summed E-state index contributed by atoms with van der Waals surface area (Å²) in [4.78, 5) is 0. The molecule has 6 heteroatoms. The van der Waals surface area contributed by atoms with Gasteiger partial charge >= 0.3 is 0 Å². The number of nitrogens with one attached hydrogen (secondary N) is 1. The van der Waals surface area contributed by atoms with Crippen LogP contribution in [0.15, 0.2) is 0 Å². The minimum atomic E-state index is -3.06. The van der Waals surface area contributed by atoms with E-state index in [1.807, 2.05) is 6.92 Å². The molecule has 0 radical (unpaired) electrons. The minimum Gasteiger partial charge on any atom is -0.390 e. The zero-order valence-electron chi connectivity index (χ0n) is 8.72. The van der Waals surface area contributed by atoms with E-state index in [1.165, 1.54) is 0 Å². The largest absolute Gasteiger partial charge is 0.390 e. The number of rotatable bonds is 2. The first-order chi connectivity index (χ1) is 6.98. The zero-order valence-corrected chi connectivity index (χ0v) is 9.53. The fourth-order valence-corrected chi connectivity index (χ4v) is 3.97. The molecule has 0 aromatic carbocycles. The normalized spacial score (nSPS) is 44.7. The van der Waals surface area contributed by atoms with Crippen molar-refractivity contribution in [3.63, 3.8) is 0 Å². The molecule has 2 rings (SSSR count). The van der Waals surface area contributed by atoms with Crippen LogP contribution in [0.1, 0.15) is 13.3 Å². The summed E-state index contributed by atoms with van der Waals surface area (Å²) < 4.78 is 27.9. The summed E-state index contributed by atoms with van der Waals surface area (Å²) in [6.45, 7) is 2.66. The monoisotopic (exact) mass is 235 g/mol. The van der Waals surface area contributed by atoms with E-state index in [-0.39, 0.29) is 29.7 Å². The van der Waals surface area contributed by atoms with Gasteiger partial charge < -0.3 is 15.2 Å². The first-order valence-corrected chi connectivity index (χ1v) is 7.06. The Morgan fingerprint density at radius 2 is 2.07 bits per heavy atom. The van der Waals surface area contributed by atoms with Crippen LogP contribution in [0.3, 0.4) is 0 Å². The smallest absolute Gasteiger partial charge is 0.154 e. The van der Waals surface area contributed by atoms with Crippen molar-refractivity contribution in [2.24, 2.45) is 0 Å². The number of aliphatic hydroxyl groups is 1. The molecule has 2 fully saturated rings. The van der Waals surface area contributed by atoms with Crippen molar-refractivity contribution >= 4 is 9.84 Å². The molecule has 0 amide bonds. The van der Waals surface area contributed by atoms with Crippen molar-refractivity contribution < 1.29 is 18.3 Å². The van der Waals surface area contributed by atoms with E-state index in [4.69, 9.17) is 4.74 Å². The van der Waals surface area contributed by atoms with E-state index in [1.54, 1.807) is 0 Å². The van der Waals surface area contributed by atoms with Crippen molar-refractivity contribution in [3.8, 4) is 0 Å². The van der Waals surface area contributed by atoms with E-state index < -0.39 is 15.9 Å². The van der Waals surface area contributed by atoms with E-state index in [2.05, 4.69) is 5.32 Å². The molecule has 5 nitrogen and oxygen atoms in total. The van der Waals surface area contributed by atoms with Crippen LogP contribution in [0.2, 0.25) is 0 Å². The second-order valence-corrected chi connectivity index (χ2v) is 6.54. The maximum absolute atomic E-state index is 11.3. The van der Waals surface area contributed by atoms with E-state index in [9.17, 15) is 13.5 Å². The Bertz CT molecular complexity index is 329. The van der Waals surface area contributed by atoms with Gasteiger partial charge in [-0.25, -0.2) is 8.42 Å². The van der Waals surface area contributed by atoms with Crippen molar-refractivity contribution in [1.29, 1.82) is 0 Å². The summed E-state index contributed by atoms with van der Waals surface area (Å²) in [6.07, 6.45) is 0.202. The second kappa shape index (κ2) is 4.01. The van der Waals surface area contributed by atoms with Crippen LogP contribution >= 0.6 is 0 Å². The molecule has 0 bridgehead atoms. The summed E-state index contributed by atoms with van der Waals surface area (Å²) in [7, 11) is -3.06. The summed E-state index contributed by atoms with van der Waals surface area (Å²) >= 11 is 0. The van der Waals surface area contributed by atoms with Gasteiger partial charge in [-0.15, -0.1) is 0 Å². The Hall–Kier alpha value is -0.170. The molecule has 2 N–H and O–H groups in total. The number of ether oxygens (including phenoxy) is 1. The van der Waals surface area contributed by atoms with Gasteiger partial charge in [-0.1, -0.05) is 0 Å². The van der Waals surface area contributed by atoms with Gasteiger partial charge in [0.1, 0.15) is 0 Å². The zero-order chi connectivity index (χ0) is 11.1. The minimum absolute atomic E-state index is 0.0391. The lowest BCUT2D eigenvalue weighted by molar-refractivity contribution is 0.102. The molecular weight excluding hydrogens is 218 g/mol. The van der Waals surface area contributed by atoms with E-state index in [0.29, 0.717) is 6.61 Å². The maximum Gasteiger partial charge on any atom is 0.154 e. The lowest BCUT2D eigenvalue weighted by atomic mass is 10.1. The van der Waals surface area contributed by atoms with Gasteiger partial charge in [0.2, 0.25) is 0 Å². The standard InChI is InChI=1S/C9H17NO4S/c1-6-7(2-3-14-6)10-8-4-15(12,13)5-9(8)11/h6-11H,2-5H2,1H3. The molecule has 0 aromatic rings. The molecule has 0 aliphatic carbocycles. The molecule has 4 unspecified atom stereocenters. The van der Waals surface area contributed by atoms with Crippen LogP contribution in [0, 0.1) is 0 Å². The predicted octanol–water partition coefficient (Wildman–Crippen LogP) is -1.09. The van der Waals surface area contributed by atoms with Crippen molar-refractivity contribution in [2.45, 2.75) is 37.6 Å². The van der Waals surface area contributed by atoms with Crippen molar-refractivity contribution in [3.05, 3.63) is 0 Å². The quantitative estimate of drug-likeness (QED) is 0.636. The molecule has 2 heterocycles. The first-order valence-electron chi connectivity index (χ1n) is 5.24.